The van der Waals surface area contributed by atoms with Gasteiger partial charge < -0.3 is 19.7 Å². The highest BCUT2D eigenvalue weighted by molar-refractivity contribution is 5.97. The molecule has 1 saturated heterocycles. The van der Waals surface area contributed by atoms with E-state index in [1.54, 1.807) is 4.90 Å². The van der Waals surface area contributed by atoms with E-state index in [0.29, 0.717) is 25.3 Å². The molecule has 6 nitrogen and oxygen atoms in total. The lowest BCUT2D eigenvalue weighted by Gasteiger charge is -2.29. The first-order valence-electron chi connectivity index (χ1n) is 7.92. The number of carbonyl (C=O) groups excluding carboxylic acids is 2. The molecular formula is C17H21FN2O4. The average molecular weight is 336 g/mol. The summed E-state index contributed by atoms with van der Waals surface area (Å²) in [5.74, 6) is -0.542. The molecule has 7 heteroatoms. The highest BCUT2D eigenvalue weighted by atomic mass is 19.1. The standard InChI is InChI=1S/C17H21FN2O4/c1-16(2,3)24-15(22)20-7-6-17(10-20)9-19-14(21)12-8-11(18)4-5-13(12)23-17/h4-5,8H,6-7,9-10H2,1-3H3,(H,19,21)/t17-/m0/s1. The molecule has 0 saturated carbocycles. The molecule has 24 heavy (non-hydrogen) atoms. The molecule has 0 aromatic heterocycles. The second-order valence-electron chi connectivity index (χ2n) is 7.26. The quantitative estimate of drug-likeness (QED) is 0.789. The maximum atomic E-state index is 13.4. The average Bonchev–Trinajstić information content (AvgIpc) is 2.84. The van der Waals surface area contributed by atoms with Crippen molar-refractivity contribution in [2.75, 3.05) is 19.6 Å². The number of hydrogen-bond donors (Lipinski definition) is 1. The van der Waals surface area contributed by atoms with Crippen molar-refractivity contribution in [1.29, 1.82) is 0 Å². The van der Waals surface area contributed by atoms with Gasteiger partial charge in [0.1, 0.15) is 22.8 Å². The van der Waals surface area contributed by atoms with Crippen LogP contribution in [-0.2, 0) is 4.74 Å². The molecule has 1 aromatic carbocycles. The molecule has 1 fully saturated rings. The van der Waals surface area contributed by atoms with Gasteiger partial charge in [-0.1, -0.05) is 0 Å². The first-order chi connectivity index (χ1) is 11.2. The highest BCUT2D eigenvalue weighted by Gasteiger charge is 2.45. The summed E-state index contributed by atoms with van der Waals surface area (Å²) in [6, 6.07) is 3.86. The van der Waals surface area contributed by atoms with E-state index in [-0.39, 0.29) is 18.0 Å². The molecule has 0 bridgehead atoms. The fourth-order valence-corrected chi connectivity index (χ4v) is 2.93. The number of amides is 2. The third kappa shape index (κ3) is 3.29. The number of carbonyl (C=O) groups is 2. The lowest BCUT2D eigenvalue weighted by atomic mass is 10.0. The van der Waals surface area contributed by atoms with Crippen LogP contribution in [0, 0.1) is 5.82 Å². The van der Waals surface area contributed by atoms with Gasteiger partial charge in [0.2, 0.25) is 0 Å². The predicted octanol–water partition coefficient (Wildman–Crippen LogP) is 2.33. The minimum absolute atomic E-state index is 0.169. The minimum atomic E-state index is -0.727. The zero-order chi connectivity index (χ0) is 17.5. The summed E-state index contributed by atoms with van der Waals surface area (Å²) in [5.41, 5.74) is -1.13. The summed E-state index contributed by atoms with van der Waals surface area (Å²) in [4.78, 5) is 26.0. The predicted molar refractivity (Wildman–Crippen MR) is 84.5 cm³/mol. The molecule has 0 unspecified atom stereocenters. The van der Waals surface area contributed by atoms with E-state index < -0.39 is 23.1 Å². The zero-order valence-corrected chi connectivity index (χ0v) is 14.0. The summed E-state index contributed by atoms with van der Waals surface area (Å²) in [7, 11) is 0. The molecule has 0 radical (unpaired) electrons. The van der Waals surface area contributed by atoms with Crippen molar-refractivity contribution < 1.29 is 23.5 Å². The maximum Gasteiger partial charge on any atom is 0.410 e. The van der Waals surface area contributed by atoms with Crippen LogP contribution in [0.4, 0.5) is 9.18 Å². The fourth-order valence-electron chi connectivity index (χ4n) is 2.93. The van der Waals surface area contributed by atoms with Crippen LogP contribution in [0.25, 0.3) is 0 Å². The SMILES string of the molecule is CC(C)(C)OC(=O)N1CC[C@]2(CNC(=O)c3cc(F)ccc3O2)C1. The van der Waals surface area contributed by atoms with E-state index in [1.165, 1.54) is 12.1 Å². The number of halogens is 1. The van der Waals surface area contributed by atoms with E-state index in [4.69, 9.17) is 9.47 Å². The third-order valence-electron chi connectivity index (χ3n) is 4.05. The Morgan fingerprint density at radius 1 is 1.42 bits per heavy atom. The van der Waals surface area contributed by atoms with Gasteiger partial charge in [-0.25, -0.2) is 9.18 Å². The number of ether oxygens (including phenoxy) is 2. The molecular weight excluding hydrogens is 315 g/mol. The van der Waals surface area contributed by atoms with Crippen LogP contribution in [0.1, 0.15) is 37.6 Å². The van der Waals surface area contributed by atoms with Crippen molar-refractivity contribution in [2.24, 2.45) is 0 Å². The Labute approximate surface area is 139 Å². The lowest BCUT2D eigenvalue weighted by molar-refractivity contribution is 0.0216. The topological polar surface area (TPSA) is 67.9 Å². The Kier molecular flexibility index (Phi) is 3.89. The summed E-state index contributed by atoms with van der Waals surface area (Å²) in [6.45, 7) is 6.46. The number of fused-ring (bicyclic) bond motifs is 1. The van der Waals surface area contributed by atoms with Gasteiger partial charge in [0.05, 0.1) is 18.7 Å². The summed E-state index contributed by atoms with van der Waals surface area (Å²) < 4.78 is 24.8. The molecule has 2 aliphatic rings. The van der Waals surface area contributed by atoms with E-state index in [9.17, 15) is 14.0 Å². The number of hydrogen-bond acceptors (Lipinski definition) is 4. The molecule has 2 aliphatic heterocycles. The molecule has 1 spiro atoms. The largest absolute Gasteiger partial charge is 0.483 e. The van der Waals surface area contributed by atoms with Crippen LogP contribution in [-0.4, -0.2) is 47.7 Å². The van der Waals surface area contributed by atoms with Gasteiger partial charge in [-0.05, 0) is 39.0 Å². The summed E-state index contributed by atoms with van der Waals surface area (Å²) in [5, 5.41) is 2.76. The Bertz CT molecular complexity index is 686. The van der Waals surface area contributed by atoms with Crippen molar-refractivity contribution >= 4 is 12.0 Å². The van der Waals surface area contributed by atoms with Gasteiger partial charge in [-0.15, -0.1) is 0 Å². The smallest absolute Gasteiger partial charge is 0.410 e. The fraction of sp³-hybridized carbons (Fsp3) is 0.529. The van der Waals surface area contributed by atoms with Crippen LogP contribution < -0.4 is 10.1 Å². The minimum Gasteiger partial charge on any atom is -0.483 e. The van der Waals surface area contributed by atoms with E-state index >= 15 is 0 Å². The second kappa shape index (κ2) is 5.65. The van der Waals surface area contributed by atoms with Gasteiger partial charge >= 0.3 is 6.09 Å². The Morgan fingerprint density at radius 2 is 2.17 bits per heavy atom. The molecule has 3 rings (SSSR count). The van der Waals surface area contributed by atoms with Gasteiger partial charge in [0.15, 0.2) is 0 Å². The van der Waals surface area contributed by atoms with Crippen molar-refractivity contribution in [3.63, 3.8) is 0 Å². The van der Waals surface area contributed by atoms with Crippen LogP contribution in [0.3, 0.4) is 0 Å². The van der Waals surface area contributed by atoms with E-state index in [1.807, 2.05) is 20.8 Å². The second-order valence-corrected chi connectivity index (χ2v) is 7.26. The monoisotopic (exact) mass is 336 g/mol. The molecule has 2 amide bonds. The van der Waals surface area contributed by atoms with Gasteiger partial charge in [-0.3, -0.25) is 4.79 Å². The number of rotatable bonds is 0. The van der Waals surface area contributed by atoms with Gasteiger partial charge in [0.25, 0.3) is 5.91 Å². The van der Waals surface area contributed by atoms with E-state index in [2.05, 4.69) is 5.32 Å². The van der Waals surface area contributed by atoms with Crippen LogP contribution >= 0.6 is 0 Å². The maximum absolute atomic E-state index is 13.4. The Hall–Kier alpha value is -2.31. The van der Waals surface area contributed by atoms with E-state index in [0.717, 1.165) is 6.07 Å². The van der Waals surface area contributed by atoms with Crippen LogP contribution in [0.2, 0.25) is 0 Å². The number of likely N-dealkylation sites (tertiary alicyclic amines) is 1. The van der Waals surface area contributed by atoms with Gasteiger partial charge in [0, 0.05) is 13.0 Å². The van der Waals surface area contributed by atoms with Crippen molar-refractivity contribution in [2.45, 2.75) is 38.4 Å². The molecule has 1 aromatic rings. The number of benzene rings is 1. The normalized spacial score (nSPS) is 23.3. The molecule has 130 valence electrons. The van der Waals surface area contributed by atoms with Crippen molar-refractivity contribution in [3.05, 3.63) is 29.6 Å². The van der Waals surface area contributed by atoms with Crippen LogP contribution in [0.5, 0.6) is 5.75 Å². The number of nitrogens with one attached hydrogen (secondary N) is 1. The number of nitrogens with zero attached hydrogens (tertiary/aromatic N) is 1. The molecule has 1 atom stereocenters. The molecule has 2 heterocycles. The third-order valence-corrected chi connectivity index (χ3v) is 4.05. The summed E-state index contributed by atoms with van der Waals surface area (Å²) in [6.07, 6.45) is 0.154. The highest BCUT2D eigenvalue weighted by Crippen LogP contribution is 2.33. The van der Waals surface area contributed by atoms with Crippen molar-refractivity contribution in [3.8, 4) is 5.75 Å². The van der Waals surface area contributed by atoms with Gasteiger partial charge in [-0.2, -0.15) is 0 Å². The van der Waals surface area contributed by atoms with Crippen LogP contribution in [0.15, 0.2) is 18.2 Å². The first-order valence-corrected chi connectivity index (χ1v) is 7.92. The zero-order valence-electron chi connectivity index (χ0n) is 14.0. The lowest BCUT2D eigenvalue weighted by Crippen LogP contribution is -2.48. The first kappa shape index (κ1) is 16.5. The molecule has 1 N–H and O–H groups in total. The van der Waals surface area contributed by atoms with Crippen molar-refractivity contribution in [1.82, 2.24) is 10.2 Å². The Morgan fingerprint density at radius 3 is 2.88 bits per heavy atom. The molecule has 0 aliphatic carbocycles. The Balaban J connectivity index is 1.79. The summed E-state index contributed by atoms with van der Waals surface area (Å²) >= 11 is 0.